The third-order valence-corrected chi connectivity index (χ3v) is 1.71. The molecule has 0 saturated heterocycles. The zero-order chi connectivity index (χ0) is 7.56. The summed E-state index contributed by atoms with van der Waals surface area (Å²) in [5.41, 5.74) is 0.547. The van der Waals surface area contributed by atoms with Crippen LogP contribution in [0.3, 0.4) is 0 Å². The van der Waals surface area contributed by atoms with Gasteiger partial charge in [-0.25, -0.2) is 0 Å². The summed E-state index contributed by atoms with van der Waals surface area (Å²) in [6.07, 6.45) is 0. The Morgan fingerprint density at radius 1 is 1.20 bits per heavy atom. The van der Waals surface area contributed by atoms with Gasteiger partial charge in [-0.1, -0.05) is 29.3 Å². The molecule has 0 unspecified atom stereocenters. The van der Waals surface area contributed by atoms with Gasteiger partial charge in [0.05, 0.1) is 15.7 Å². The Balaban J connectivity index is 3.30. The molecule has 3 heteroatoms. The second-order valence-corrected chi connectivity index (χ2v) is 2.54. The van der Waals surface area contributed by atoms with Gasteiger partial charge in [-0.3, -0.25) is 4.99 Å². The van der Waals surface area contributed by atoms with E-state index >= 15 is 0 Å². The number of nitrogens with zero attached hydrogens (tertiary/aromatic N) is 1. The van der Waals surface area contributed by atoms with Crippen LogP contribution in [0.25, 0.3) is 0 Å². The number of benzene rings is 1. The Labute approximate surface area is 69.3 Å². The fraction of sp³-hybridized carbons (Fsp3) is 0. The first-order valence-electron chi connectivity index (χ1n) is 2.66. The molecule has 0 aliphatic rings. The van der Waals surface area contributed by atoms with Crippen molar-refractivity contribution in [1.82, 2.24) is 0 Å². The summed E-state index contributed by atoms with van der Waals surface area (Å²) in [5.74, 6) is 0. The lowest BCUT2D eigenvalue weighted by atomic mass is 10.3. The molecule has 1 aromatic carbocycles. The van der Waals surface area contributed by atoms with Crippen LogP contribution in [0.2, 0.25) is 10.0 Å². The van der Waals surface area contributed by atoms with Crippen LogP contribution < -0.4 is 0 Å². The van der Waals surface area contributed by atoms with Crippen molar-refractivity contribution < 1.29 is 0 Å². The normalized spacial score (nSPS) is 9.40. The Kier molecular flexibility index (Phi) is 2.30. The molecular formula is C7H5Cl2N. The minimum Gasteiger partial charge on any atom is -0.262 e. The van der Waals surface area contributed by atoms with E-state index in [1.807, 2.05) is 0 Å². The van der Waals surface area contributed by atoms with Gasteiger partial charge in [0.25, 0.3) is 0 Å². The van der Waals surface area contributed by atoms with Crippen LogP contribution in [0.1, 0.15) is 0 Å². The summed E-state index contributed by atoms with van der Waals surface area (Å²) in [7, 11) is 0. The van der Waals surface area contributed by atoms with Crippen LogP contribution in [0, 0.1) is 0 Å². The van der Waals surface area contributed by atoms with Crippen LogP contribution in [-0.2, 0) is 0 Å². The van der Waals surface area contributed by atoms with Gasteiger partial charge >= 0.3 is 0 Å². The van der Waals surface area contributed by atoms with Crippen LogP contribution in [0.4, 0.5) is 5.69 Å². The standard InChI is InChI=1S/C7H5Cl2N/c1-10-7-5(8)3-2-4-6(7)9/h2-4H,1H2. The first-order valence-corrected chi connectivity index (χ1v) is 3.42. The third-order valence-electron chi connectivity index (χ3n) is 1.10. The molecule has 0 amide bonds. The van der Waals surface area contributed by atoms with Crippen molar-refractivity contribution in [1.29, 1.82) is 0 Å². The van der Waals surface area contributed by atoms with Gasteiger partial charge in [0.2, 0.25) is 0 Å². The van der Waals surface area contributed by atoms with Crippen molar-refractivity contribution in [3.05, 3.63) is 28.2 Å². The molecule has 0 aromatic heterocycles. The van der Waals surface area contributed by atoms with Gasteiger partial charge in [-0.15, -0.1) is 0 Å². The van der Waals surface area contributed by atoms with Crippen molar-refractivity contribution in [3.63, 3.8) is 0 Å². The number of para-hydroxylation sites is 1. The molecule has 52 valence electrons. The Hall–Kier alpha value is -0.530. The highest BCUT2D eigenvalue weighted by Gasteiger charge is 2.00. The molecule has 0 heterocycles. The van der Waals surface area contributed by atoms with E-state index < -0.39 is 0 Å². The van der Waals surface area contributed by atoms with E-state index in [0.29, 0.717) is 15.7 Å². The molecule has 10 heavy (non-hydrogen) atoms. The number of aliphatic imine (C=N–C) groups is 1. The smallest absolute Gasteiger partial charge is 0.0994 e. The molecule has 1 rings (SSSR count). The summed E-state index contributed by atoms with van der Waals surface area (Å²) in [6, 6.07) is 5.20. The van der Waals surface area contributed by atoms with E-state index in [1.54, 1.807) is 18.2 Å². The van der Waals surface area contributed by atoms with Crippen molar-refractivity contribution in [3.8, 4) is 0 Å². The van der Waals surface area contributed by atoms with E-state index in [0.717, 1.165) is 0 Å². The first kappa shape index (κ1) is 7.58. The summed E-state index contributed by atoms with van der Waals surface area (Å²) in [5, 5.41) is 1.06. The average molecular weight is 174 g/mol. The quantitative estimate of drug-likeness (QED) is 0.579. The van der Waals surface area contributed by atoms with Crippen molar-refractivity contribution in [2.45, 2.75) is 0 Å². The van der Waals surface area contributed by atoms with E-state index in [4.69, 9.17) is 23.2 Å². The van der Waals surface area contributed by atoms with Crippen LogP contribution >= 0.6 is 23.2 Å². The zero-order valence-electron chi connectivity index (χ0n) is 5.14. The van der Waals surface area contributed by atoms with Gasteiger partial charge in [0, 0.05) is 0 Å². The molecule has 1 nitrogen and oxygen atoms in total. The largest absolute Gasteiger partial charge is 0.262 e. The lowest BCUT2D eigenvalue weighted by Crippen LogP contribution is -1.68. The average Bonchev–Trinajstić information content (AvgIpc) is 1.88. The monoisotopic (exact) mass is 173 g/mol. The lowest BCUT2D eigenvalue weighted by Gasteiger charge is -1.97. The molecule has 0 saturated carbocycles. The predicted molar refractivity (Wildman–Crippen MR) is 45.7 cm³/mol. The molecular weight excluding hydrogens is 169 g/mol. The van der Waals surface area contributed by atoms with Crippen molar-refractivity contribution >= 4 is 35.6 Å². The van der Waals surface area contributed by atoms with E-state index in [1.165, 1.54) is 0 Å². The fourth-order valence-electron chi connectivity index (χ4n) is 0.640. The Morgan fingerprint density at radius 2 is 1.70 bits per heavy atom. The topological polar surface area (TPSA) is 12.4 Å². The molecule has 0 fully saturated rings. The maximum atomic E-state index is 5.71. The van der Waals surface area contributed by atoms with Gasteiger partial charge in [-0.05, 0) is 18.9 Å². The molecule has 0 aliphatic heterocycles. The zero-order valence-corrected chi connectivity index (χ0v) is 6.65. The second-order valence-electron chi connectivity index (χ2n) is 1.73. The van der Waals surface area contributed by atoms with E-state index in [-0.39, 0.29) is 0 Å². The number of hydrogen-bond acceptors (Lipinski definition) is 1. The summed E-state index contributed by atoms with van der Waals surface area (Å²) in [6.45, 7) is 3.33. The second kappa shape index (κ2) is 3.04. The van der Waals surface area contributed by atoms with Crippen LogP contribution in [0.5, 0.6) is 0 Å². The van der Waals surface area contributed by atoms with Gasteiger partial charge in [0.15, 0.2) is 0 Å². The highest BCUT2D eigenvalue weighted by Crippen LogP contribution is 2.31. The molecule has 0 aliphatic carbocycles. The van der Waals surface area contributed by atoms with Crippen LogP contribution in [0.15, 0.2) is 23.2 Å². The Bertz CT molecular complexity index is 238. The maximum absolute atomic E-state index is 5.71. The molecule has 0 N–H and O–H groups in total. The van der Waals surface area contributed by atoms with E-state index in [2.05, 4.69) is 11.7 Å². The predicted octanol–water partition coefficient (Wildman–Crippen LogP) is 3.33. The minimum atomic E-state index is 0.530. The minimum absolute atomic E-state index is 0.530. The molecule has 0 bridgehead atoms. The molecule has 0 atom stereocenters. The van der Waals surface area contributed by atoms with Crippen molar-refractivity contribution in [2.75, 3.05) is 0 Å². The number of hydrogen-bond donors (Lipinski definition) is 0. The third kappa shape index (κ3) is 1.31. The molecule has 1 aromatic rings. The Morgan fingerprint density at radius 3 is 2.00 bits per heavy atom. The summed E-state index contributed by atoms with van der Waals surface area (Å²) >= 11 is 11.4. The van der Waals surface area contributed by atoms with Gasteiger partial charge in [-0.2, -0.15) is 0 Å². The first-order chi connectivity index (χ1) is 4.75. The maximum Gasteiger partial charge on any atom is 0.0994 e. The van der Waals surface area contributed by atoms with Crippen LogP contribution in [-0.4, -0.2) is 6.72 Å². The fourth-order valence-corrected chi connectivity index (χ4v) is 1.16. The number of halogens is 2. The SMILES string of the molecule is C=Nc1c(Cl)cccc1Cl. The lowest BCUT2D eigenvalue weighted by molar-refractivity contribution is 1.55. The molecule has 0 radical (unpaired) electrons. The summed E-state index contributed by atoms with van der Waals surface area (Å²) in [4.78, 5) is 3.66. The van der Waals surface area contributed by atoms with E-state index in [9.17, 15) is 0 Å². The highest BCUT2D eigenvalue weighted by atomic mass is 35.5. The highest BCUT2D eigenvalue weighted by molar-refractivity contribution is 6.38. The summed E-state index contributed by atoms with van der Waals surface area (Å²) < 4.78 is 0. The van der Waals surface area contributed by atoms with Crippen molar-refractivity contribution in [2.24, 2.45) is 4.99 Å². The molecule has 0 spiro atoms. The van der Waals surface area contributed by atoms with Gasteiger partial charge < -0.3 is 0 Å². The number of rotatable bonds is 1. The van der Waals surface area contributed by atoms with Gasteiger partial charge in [0.1, 0.15) is 0 Å².